The Labute approximate surface area is 148 Å². The highest BCUT2D eigenvalue weighted by Gasteiger charge is 2.35. The fourth-order valence-electron chi connectivity index (χ4n) is 2.92. The maximum absolute atomic E-state index is 13.8. The number of hydrogen-bond donors (Lipinski definition) is 0. The number of hydrogen-bond acceptors (Lipinski definition) is 4. The second-order valence-electron chi connectivity index (χ2n) is 5.82. The lowest BCUT2D eigenvalue weighted by Crippen LogP contribution is -2.24. The summed E-state index contributed by atoms with van der Waals surface area (Å²) in [5.74, 6) is -0.187. The molecule has 0 spiro atoms. The summed E-state index contributed by atoms with van der Waals surface area (Å²) in [4.78, 5) is 18.3. The summed E-state index contributed by atoms with van der Waals surface area (Å²) >= 11 is 6.00. The molecule has 1 aliphatic heterocycles. The van der Waals surface area contributed by atoms with Crippen LogP contribution in [0, 0.1) is 5.82 Å². The van der Waals surface area contributed by atoms with Gasteiger partial charge in [-0.05, 0) is 30.3 Å². The predicted octanol–water partition coefficient (Wildman–Crippen LogP) is 4.05. The maximum Gasteiger partial charge on any atom is 0.232 e. The van der Waals surface area contributed by atoms with Crippen molar-refractivity contribution in [2.24, 2.45) is 0 Å². The van der Waals surface area contributed by atoms with E-state index in [4.69, 9.17) is 16.1 Å². The number of anilines is 1. The highest BCUT2D eigenvalue weighted by molar-refractivity contribution is 6.30. The number of rotatable bonds is 3. The van der Waals surface area contributed by atoms with Gasteiger partial charge in [0.05, 0.1) is 11.5 Å². The summed E-state index contributed by atoms with van der Waals surface area (Å²) in [5, 5.41) is 4.42. The number of nitrogens with zero attached hydrogens (tertiary/aromatic N) is 3. The molecule has 2 heterocycles. The van der Waals surface area contributed by atoms with Gasteiger partial charge < -0.3 is 9.42 Å². The Balaban J connectivity index is 1.58. The zero-order valence-electron chi connectivity index (χ0n) is 13.0. The highest BCUT2D eigenvalue weighted by atomic mass is 35.5. The van der Waals surface area contributed by atoms with Gasteiger partial charge in [0.25, 0.3) is 0 Å². The lowest BCUT2D eigenvalue weighted by molar-refractivity contribution is -0.117. The van der Waals surface area contributed by atoms with E-state index in [2.05, 4.69) is 10.1 Å². The van der Waals surface area contributed by atoms with Crippen LogP contribution in [-0.2, 0) is 4.79 Å². The van der Waals surface area contributed by atoms with Crippen LogP contribution >= 0.6 is 11.6 Å². The van der Waals surface area contributed by atoms with E-state index in [1.54, 1.807) is 41.3 Å². The fraction of sp³-hybridized carbons (Fsp3) is 0.167. The minimum atomic E-state index is -0.419. The lowest BCUT2D eigenvalue weighted by atomic mass is 10.1. The molecule has 0 N–H and O–H groups in total. The highest BCUT2D eigenvalue weighted by Crippen LogP contribution is 2.33. The second-order valence-corrected chi connectivity index (χ2v) is 6.26. The summed E-state index contributed by atoms with van der Waals surface area (Å²) in [6, 6.07) is 13.3. The Hall–Kier alpha value is -2.73. The van der Waals surface area contributed by atoms with E-state index in [0.29, 0.717) is 17.5 Å². The van der Waals surface area contributed by atoms with Gasteiger partial charge in [0.15, 0.2) is 0 Å². The van der Waals surface area contributed by atoms with Gasteiger partial charge in [0.1, 0.15) is 5.82 Å². The molecule has 1 amide bonds. The average molecular weight is 358 g/mol. The molecule has 1 atom stereocenters. The van der Waals surface area contributed by atoms with Crippen molar-refractivity contribution in [3.05, 3.63) is 65.3 Å². The number of benzene rings is 2. The third-order valence-corrected chi connectivity index (χ3v) is 4.39. The molecule has 1 saturated heterocycles. The van der Waals surface area contributed by atoms with Gasteiger partial charge in [0, 0.05) is 23.7 Å². The standard InChI is InChI=1S/C18H13ClFN3O2/c19-12-4-3-5-13(9-12)23-10-11(8-16(23)24)18-21-17(22-25-18)14-6-1-2-7-15(14)20/h1-7,9,11H,8,10H2. The van der Waals surface area contributed by atoms with E-state index < -0.39 is 5.82 Å². The van der Waals surface area contributed by atoms with Crippen molar-refractivity contribution in [2.75, 3.05) is 11.4 Å². The minimum absolute atomic E-state index is 0.0436. The van der Waals surface area contributed by atoms with Crippen molar-refractivity contribution in [2.45, 2.75) is 12.3 Å². The Morgan fingerprint density at radius 2 is 2.04 bits per heavy atom. The molecule has 0 saturated carbocycles. The van der Waals surface area contributed by atoms with Crippen molar-refractivity contribution in [3.63, 3.8) is 0 Å². The third kappa shape index (κ3) is 3.00. The SMILES string of the molecule is O=C1CC(c2nc(-c3ccccc3F)no2)CN1c1cccc(Cl)c1. The first-order chi connectivity index (χ1) is 12.1. The van der Waals surface area contributed by atoms with E-state index in [1.807, 2.05) is 6.07 Å². The van der Waals surface area contributed by atoms with Crippen LogP contribution in [0.1, 0.15) is 18.2 Å². The first-order valence-corrected chi connectivity index (χ1v) is 8.14. The monoisotopic (exact) mass is 357 g/mol. The predicted molar refractivity (Wildman–Crippen MR) is 90.9 cm³/mol. The lowest BCUT2D eigenvalue weighted by Gasteiger charge is -2.16. The third-order valence-electron chi connectivity index (χ3n) is 4.15. The minimum Gasteiger partial charge on any atom is -0.339 e. The molecule has 126 valence electrons. The van der Waals surface area contributed by atoms with E-state index in [9.17, 15) is 9.18 Å². The molecule has 25 heavy (non-hydrogen) atoms. The van der Waals surface area contributed by atoms with Gasteiger partial charge in [-0.25, -0.2) is 4.39 Å². The molecule has 1 aliphatic rings. The van der Waals surface area contributed by atoms with Crippen LogP contribution in [0.3, 0.4) is 0 Å². The summed E-state index contributed by atoms with van der Waals surface area (Å²) in [6.45, 7) is 0.415. The molecule has 7 heteroatoms. The normalized spacial score (nSPS) is 17.3. The topological polar surface area (TPSA) is 59.2 Å². The Kier molecular flexibility index (Phi) is 3.97. The Bertz CT molecular complexity index is 943. The molecule has 0 aliphatic carbocycles. The average Bonchev–Trinajstić information content (AvgIpc) is 3.22. The van der Waals surface area contributed by atoms with E-state index >= 15 is 0 Å². The van der Waals surface area contributed by atoms with Crippen molar-refractivity contribution >= 4 is 23.2 Å². The zero-order chi connectivity index (χ0) is 17.4. The van der Waals surface area contributed by atoms with Crippen LogP contribution in [0.2, 0.25) is 5.02 Å². The van der Waals surface area contributed by atoms with Crippen LogP contribution in [-0.4, -0.2) is 22.6 Å². The largest absolute Gasteiger partial charge is 0.339 e. The van der Waals surface area contributed by atoms with E-state index in [1.165, 1.54) is 6.07 Å². The molecule has 4 rings (SSSR count). The summed E-state index contributed by atoms with van der Waals surface area (Å²) in [5.41, 5.74) is 1.00. The zero-order valence-corrected chi connectivity index (χ0v) is 13.8. The van der Waals surface area contributed by atoms with E-state index in [0.717, 1.165) is 5.69 Å². The van der Waals surface area contributed by atoms with Crippen molar-refractivity contribution in [1.82, 2.24) is 10.1 Å². The number of amides is 1. The smallest absolute Gasteiger partial charge is 0.232 e. The van der Waals surface area contributed by atoms with Gasteiger partial charge in [0.2, 0.25) is 17.6 Å². The van der Waals surface area contributed by atoms with Gasteiger partial charge in [-0.15, -0.1) is 0 Å². The molecule has 1 fully saturated rings. The van der Waals surface area contributed by atoms with Crippen LogP contribution in [0.25, 0.3) is 11.4 Å². The van der Waals surface area contributed by atoms with Crippen LogP contribution < -0.4 is 4.90 Å². The molecule has 0 radical (unpaired) electrons. The molecule has 5 nitrogen and oxygen atoms in total. The number of carbonyl (C=O) groups excluding carboxylic acids is 1. The van der Waals surface area contributed by atoms with Crippen LogP contribution in [0.4, 0.5) is 10.1 Å². The molecule has 1 aromatic heterocycles. The van der Waals surface area contributed by atoms with Crippen molar-refractivity contribution in [3.8, 4) is 11.4 Å². The first-order valence-electron chi connectivity index (χ1n) is 7.76. The molecular formula is C18H13ClFN3O2. The molecule has 3 aromatic rings. The van der Waals surface area contributed by atoms with Crippen LogP contribution in [0.5, 0.6) is 0 Å². The first kappa shape index (κ1) is 15.8. The van der Waals surface area contributed by atoms with Gasteiger partial charge in [-0.3, -0.25) is 4.79 Å². The summed E-state index contributed by atoms with van der Waals surface area (Å²) in [6.07, 6.45) is 0.255. The number of aromatic nitrogens is 2. The van der Waals surface area contributed by atoms with Crippen molar-refractivity contribution in [1.29, 1.82) is 0 Å². The van der Waals surface area contributed by atoms with Gasteiger partial charge >= 0.3 is 0 Å². The Morgan fingerprint density at radius 3 is 2.84 bits per heavy atom. The Morgan fingerprint density at radius 1 is 1.20 bits per heavy atom. The maximum atomic E-state index is 13.8. The molecule has 0 bridgehead atoms. The van der Waals surface area contributed by atoms with E-state index in [-0.39, 0.29) is 29.6 Å². The number of carbonyl (C=O) groups is 1. The van der Waals surface area contributed by atoms with Crippen LogP contribution in [0.15, 0.2) is 53.1 Å². The second kappa shape index (κ2) is 6.29. The summed E-state index contributed by atoms with van der Waals surface area (Å²) < 4.78 is 19.1. The fourth-order valence-corrected chi connectivity index (χ4v) is 3.10. The van der Waals surface area contributed by atoms with Crippen molar-refractivity contribution < 1.29 is 13.7 Å². The molecular weight excluding hydrogens is 345 g/mol. The van der Waals surface area contributed by atoms with Gasteiger partial charge in [-0.1, -0.05) is 35.0 Å². The molecule has 2 aromatic carbocycles. The number of halogens is 2. The molecule has 1 unspecified atom stereocenters. The quantitative estimate of drug-likeness (QED) is 0.709. The summed E-state index contributed by atoms with van der Waals surface area (Å²) in [7, 11) is 0. The van der Waals surface area contributed by atoms with Gasteiger partial charge in [-0.2, -0.15) is 4.98 Å².